The van der Waals surface area contributed by atoms with Gasteiger partial charge in [-0.3, -0.25) is 14.9 Å². The minimum absolute atomic E-state index is 0.0625. The van der Waals surface area contributed by atoms with Crippen LogP contribution in [0.1, 0.15) is 25.3 Å². The first-order valence-corrected chi connectivity index (χ1v) is 6.31. The van der Waals surface area contributed by atoms with Crippen molar-refractivity contribution in [3.05, 3.63) is 39.9 Å². The van der Waals surface area contributed by atoms with Gasteiger partial charge in [0.25, 0.3) is 5.69 Å². The zero-order valence-corrected chi connectivity index (χ0v) is 11.6. The Morgan fingerprint density at radius 2 is 1.86 bits per heavy atom. The van der Waals surface area contributed by atoms with E-state index in [0.717, 1.165) is 24.3 Å². The minimum atomic E-state index is -5.14. The van der Waals surface area contributed by atoms with Crippen molar-refractivity contribution in [3.8, 4) is 0 Å². The summed E-state index contributed by atoms with van der Waals surface area (Å²) in [5.74, 6) is -1.21. The highest BCUT2D eigenvalue weighted by molar-refractivity contribution is 5.71. The molecule has 0 fully saturated rings. The summed E-state index contributed by atoms with van der Waals surface area (Å²) in [7, 11) is 0. The van der Waals surface area contributed by atoms with Crippen LogP contribution in [-0.2, 0) is 15.1 Å². The predicted octanol–water partition coefficient (Wildman–Crippen LogP) is 2.69. The summed E-state index contributed by atoms with van der Waals surface area (Å²) < 4.78 is 44.0. The molecule has 0 amide bonds. The Balaban J connectivity index is 3.11. The number of carbonyl (C=O) groups excluding carboxylic acids is 1. The van der Waals surface area contributed by atoms with E-state index >= 15 is 0 Å². The molecule has 1 aromatic rings. The summed E-state index contributed by atoms with van der Waals surface area (Å²) in [6.45, 7) is 1.60. The van der Waals surface area contributed by atoms with Gasteiger partial charge in [-0.1, -0.05) is 6.92 Å². The number of ether oxygens (including phenoxy) is 1. The lowest BCUT2D eigenvalue weighted by Gasteiger charge is -2.30. The number of hydrogen-bond donors (Lipinski definition) is 1. The molecule has 1 atom stereocenters. The molecule has 0 aromatic heterocycles. The molecule has 0 aliphatic carbocycles. The fraction of sp³-hybridized carbons (Fsp3) is 0.462. The molecule has 0 aliphatic heterocycles. The quantitative estimate of drug-likeness (QED) is 0.494. The van der Waals surface area contributed by atoms with Crippen molar-refractivity contribution in [1.82, 2.24) is 0 Å². The van der Waals surface area contributed by atoms with E-state index < -0.39 is 40.3 Å². The van der Waals surface area contributed by atoms with E-state index in [2.05, 4.69) is 4.74 Å². The number of alkyl halides is 3. The van der Waals surface area contributed by atoms with E-state index in [1.807, 2.05) is 0 Å². The summed E-state index contributed by atoms with van der Waals surface area (Å²) in [5.41, 5.74) is -4.56. The number of hydrogen-bond acceptors (Lipinski definition) is 5. The first-order chi connectivity index (χ1) is 10.1. The normalized spacial score (nSPS) is 14.2. The van der Waals surface area contributed by atoms with Gasteiger partial charge in [0.2, 0.25) is 0 Å². The lowest BCUT2D eigenvalue weighted by Crippen LogP contribution is -2.44. The van der Waals surface area contributed by atoms with Crippen LogP contribution in [0.5, 0.6) is 0 Å². The third kappa shape index (κ3) is 3.94. The van der Waals surface area contributed by atoms with Crippen LogP contribution in [0.15, 0.2) is 24.3 Å². The molecule has 0 saturated carbocycles. The van der Waals surface area contributed by atoms with Crippen LogP contribution in [0.4, 0.5) is 18.9 Å². The average molecular weight is 321 g/mol. The molecule has 1 N–H and O–H groups in total. The third-order valence-corrected chi connectivity index (χ3v) is 2.89. The Kier molecular flexibility index (Phi) is 5.48. The lowest BCUT2D eigenvalue weighted by atomic mass is 9.89. The summed E-state index contributed by atoms with van der Waals surface area (Å²) in [4.78, 5) is 21.1. The van der Waals surface area contributed by atoms with E-state index in [1.165, 1.54) is 0 Å². The fourth-order valence-electron chi connectivity index (χ4n) is 1.70. The van der Waals surface area contributed by atoms with Gasteiger partial charge in [-0.05, 0) is 24.1 Å². The Labute approximate surface area is 123 Å². The Morgan fingerprint density at radius 3 is 2.27 bits per heavy atom. The molecule has 0 aliphatic rings. The average Bonchev–Trinajstić information content (AvgIpc) is 2.43. The molecule has 0 spiro atoms. The first kappa shape index (κ1) is 17.9. The Morgan fingerprint density at radius 1 is 1.32 bits per heavy atom. The number of halogens is 3. The van der Waals surface area contributed by atoms with Crippen molar-refractivity contribution in [1.29, 1.82) is 0 Å². The lowest BCUT2D eigenvalue weighted by molar-refractivity contribution is -0.384. The molecule has 22 heavy (non-hydrogen) atoms. The van der Waals surface area contributed by atoms with Gasteiger partial charge in [0.15, 0.2) is 5.60 Å². The van der Waals surface area contributed by atoms with E-state index in [0.29, 0.717) is 6.42 Å². The number of aliphatic hydroxyl groups is 1. The minimum Gasteiger partial charge on any atom is -0.466 e. The number of benzene rings is 1. The zero-order chi connectivity index (χ0) is 17.0. The van der Waals surface area contributed by atoms with E-state index in [-0.39, 0.29) is 6.61 Å². The Hall–Kier alpha value is -2.16. The highest BCUT2D eigenvalue weighted by Gasteiger charge is 2.56. The van der Waals surface area contributed by atoms with Crippen LogP contribution >= 0.6 is 0 Å². The summed E-state index contributed by atoms with van der Waals surface area (Å²) >= 11 is 0. The van der Waals surface area contributed by atoms with Gasteiger partial charge in [-0.2, -0.15) is 13.2 Å². The second-order valence-electron chi connectivity index (χ2n) is 4.56. The van der Waals surface area contributed by atoms with Crippen LogP contribution < -0.4 is 0 Å². The molecular formula is C13H14F3NO5. The summed E-state index contributed by atoms with van der Waals surface area (Å²) in [6.07, 6.45) is -6.05. The number of nitro groups is 1. The molecular weight excluding hydrogens is 307 g/mol. The predicted molar refractivity (Wildman–Crippen MR) is 68.9 cm³/mol. The van der Waals surface area contributed by atoms with Crippen molar-refractivity contribution < 1.29 is 32.7 Å². The van der Waals surface area contributed by atoms with E-state index in [9.17, 15) is 33.2 Å². The van der Waals surface area contributed by atoms with Crippen LogP contribution in [-0.4, -0.2) is 28.8 Å². The topological polar surface area (TPSA) is 89.7 Å². The number of rotatable bonds is 6. The summed E-state index contributed by atoms with van der Waals surface area (Å²) in [5, 5.41) is 20.4. The molecule has 9 heteroatoms. The van der Waals surface area contributed by atoms with Crippen LogP contribution in [0, 0.1) is 10.1 Å². The largest absolute Gasteiger partial charge is 0.466 e. The third-order valence-electron chi connectivity index (χ3n) is 2.89. The van der Waals surface area contributed by atoms with Gasteiger partial charge in [0.1, 0.15) is 0 Å². The number of non-ortho nitro benzene ring substituents is 1. The van der Waals surface area contributed by atoms with E-state index in [1.54, 1.807) is 6.92 Å². The maximum atomic E-state index is 13.1. The monoisotopic (exact) mass is 321 g/mol. The maximum Gasteiger partial charge on any atom is 0.422 e. The molecule has 0 bridgehead atoms. The van der Waals surface area contributed by atoms with Gasteiger partial charge in [0, 0.05) is 12.1 Å². The van der Waals surface area contributed by atoms with Gasteiger partial charge >= 0.3 is 12.1 Å². The van der Waals surface area contributed by atoms with Crippen molar-refractivity contribution >= 4 is 11.7 Å². The van der Waals surface area contributed by atoms with Gasteiger partial charge in [-0.25, -0.2) is 0 Å². The molecule has 6 nitrogen and oxygen atoms in total. The SMILES string of the molecule is CCCOC(=O)CC(O)(c1ccc([N+](=O)[O-])cc1)C(F)(F)F. The van der Waals surface area contributed by atoms with Crippen molar-refractivity contribution in [2.75, 3.05) is 6.61 Å². The molecule has 122 valence electrons. The first-order valence-electron chi connectivity index (χ1n) is 6.31. The van der Waals surface area contributed by atoms with Crippen LogP contribution in [0.25, 0.3) is 0 Å². The standard InChI is InChI=1S/C13H14F3NO5/c1-2-7-22-11(18)8-12(19,13(14,15)16)9-3-5-10(6-4-9)17(20)21/h3-6,19H,2,7-8H2,1H3. The smallest absolute Gasteiger partial charge is 0.422 e. The van der Waals surface area contributed by atoms with Gasteiger partial charge in [-0.15, -0.1) is 0 Å². The van der Waals surface area contributed by atoms with Crippen molar-refractivity contribution in [2.24, 2.45) is 0 Å². The summed E-state index contributed by atoms with van der Waals surface area (Å²) in [6, 6.07) is 3.17. The van der Waals surface area contributed by atoms with Crippen LogP contribution in [0.2, 0.25) is 0 Å². The zero-order valence-electron chi connectivity index (χ0n) is 11.6. The van der Waals surface area contributed by atoms with Gasteiger partial charge < -0.3 is 9.84 Å². The Bertz CT molecular complexity index is 544. The molecule has 0 radical (unpaired) electrons. The highest BCUT2D eigenvalue weighted by atomic mass is 19.4. The van der Waals surface area contributed by atoms with Crippen LogP contribution in [0.3, 0.4) is 0 Å². The van der Waals surface area contributed by atoms with Crippen molar-refractivity contribution in [2.45, 2.75) is 31.5 Å². The molecule has 1 unspecified atom stereocenters. The van der Waals surface area contributed by atoms with E-state index in [4.69, 9.17) is 0 Å². The molecule has 0 heterocycles. The molecule has 0 saturated heterocycles. The van der Waals surface area contributed by atoms with Crippen molar-refractivity contribution in [3.63, 3.8) is 0 Å². The number of nitrogens with zero attached hydrogens (tertiary/aromatic N) is 1. The number of esters is 1. The second-order valence-corrected chi connectivity index (χ2v) is 4.56. The highest BCUT2D eigenvalue weighted by Crippen LogP contribution is 2.42. The molecule has 1 rings (SSSR count). The molecule has 1 aromatic carbocycles. The number of carbonyl (C=O) groups is 1. The maximum absolute atomic E-state index is 13.1. The second kappa shape index (κ2) is 6.73. The fourth-order valence-corrected chi connectivity index (χ4v) is 1.70. The number of nitro benzene ring substituents is 1. The van der Waals surface area contributed by atoms with Gasteiger partial charge in [0.05, 0.1) is 18.0 Å².